The molecule has 0 aliphatic rings. The Hall–Kier alpha value is -0.420. The van der Waals surface area contributed by atoms with Gasteiger partial charge < -0.3 is 5.32 Å². The molecular weight excluding hydrogens is 408 g/mol. The Labute approximate surface area is 139 Å². The lowest BCUT2D eigenvalue weighted by atomic mass is 9.97. The van der Waals surface area contributed by atoms with Gasteiger partial charge in [-0.25, -0.2) is 4.39 Å². The molecule has 0 aliphatic heterocycles. The van der Waals surface area contributed by atoms with Gasteiger partial charge in [-0.15, -0.1) is 0 Å². The van der Waals surface area contributed by atoms with Crippen LogP contribution in [0.3, 0.4) is 0 Å². The van der Waals surface area contributed by atoms with Crippen LogP contribution in [0.5, 0.6) is 0 Å². The van der Waals surface area contributed by atoms with Crippen LogP contribution in [0, 0.1) is 12.7 Å². The second-order valence-corrected chi connectivity index (χ2v) is 6.66. The summed E-state index contributed by atoms with van der Waals surface area (Å²) < 4.78 is 16.0. The van der Waals surface area contributed by atoms with Crippen molar-refractivity contribution in [2.45, 2.75) is 13.0 Å². The molecule has 0 fully saturated rings. The quantitative estimate of drug-likeness (QED) is 0.678. The van der Waals surface area contributed by atoms with Gasteiger partial charge in [0.1, 0.15) is 5.82 Å². The summed E-state index contributed by atoms with van der Waals surface area (Å²) in [5.74, 6) is -0.280. The largest absolute Gasteiger partial charge is 0.309 e. The maximum Gasteiger partial charge on any atom is 0.128 e. The van der Waals surface area contributed by atoms with Crippen molar-refractivity contribution in [1.82, 2.24) is 5.32 Å². The third-order valence-electron chi connectivity index (χ3n) is 3.15. The van der Waals surface area contributed by atoms with Gasteiger partial charge in [-0.2, -0.15) is 0 Å². The van der Waals surface area contributed by atoms with E-state index < -0.39 is 0 Å². The van der Waals surface area contributed by atoms with Gasteiger partial charge in [0.2, 0.25) is 0 Å². The molecule has 0 radical (unpaired) electrons. The molecule has 2 aromatic rings. The smallest absolute Gasteiger partial charge is 0.128 e. The van der Waals surface area contributed by atoms with Gasteiger partial charge in [0.25, 0.3) is 0 Å². The van der Waals surface area contributed by atoms with Crippen LogP contribution in [0.4, 0.5) is 4.39 Å². The van der Waals surface area contributed by atoms with E-state index in [0.29, 0.717) is 10.6 Å². The predicted octanol–water partition coefficient (Wildman–Crippen LogP) is 5.62. The maximum atomic E-state index is 14.1. The number of hydrogen-bond donors (Lipinski definition) is 1. The molecule has 1 atom stereocenters. The van der Waals surface area contributed by atoms with Crippen LogP contribution < -0.4 is 5.32 Å². The van der Waals surface area contributed by atoms with E-state index in [9.17, 15) is 4.39 Å². The van der Waals surface area contributed by atoms with Crippen molar-refractivity contribution in [3.63, 3.8) is 0 Å². The van der Waals surface area contributed by atoms with Crippen LogP contribution in [0.25, 0.3) is 0 Å². The fraction of sp³-hybridized carbons (Fsp3) is 0.200. The van der Waals surface area contributed by atoms with Crippen molar-refractivity contribution in [1.29, 1.82) is 0 Å². The van der Waals surface area contributed by atoms with Crippen molar-refractivity contribution in [3.05, 3.63) is 66.8 Å². The molecule has 0 aromatic heterocycles. The summed E-state index contributed by atoms with van der Waals surface area (Å²) in [4.78, 5) is 0. The highest BCUT2D eigenvalue weighted by Gasteiger charge is 2.20. The Morgan fingerprint density at radius 2 is 1.80 bits per heavy atom. The summed E-state index contributed by atoms with van der Waals surface area (Å²) in [6, 6.07) is 8.30. The highest BCUT2D eigenvalue weighted by atomic mass is 79.9. The zero-order valence-corrected chi connectivity index (χ0v) is 14.9. The standard InChI is InChI=1S/C15H13Br2ClFN/c1-8-5-13(17)10(7-12(8)16)15(20-2)11-6-9(18)3-4-14(11)19/h3-7,15,20H,1-2H3. The normalized spacial score (nSPS) is 12.5. The average molecular weight is 422 g/mol. The Kier molecular flexibility index (Phi) is 5.24. The lowest BCUT2D eigenvalue weighted by Crippen LogP contribution is -2.19. The van der Waals surface area contributed by atoms with Gasteiger partial charge >= 0.3 is 0 Å². The van der Waals surface area contributed by atoms with Gasteiger partial charge in [0.05, 0.1) is 6.04 Å². The van der Waals surface area contributed by atoms with Crippen molar-refractivity contribution < 1.29 is 4.39 Å². The van der Waals surface area contributed by atoms with E-state index >= 15 is 0 Å². The van der Waals surface area contributed by atoms with Crippen LogP contribution >= 0.6 is 43.5 Å². The Morgan fingerprint density at radius 1 is 1.10 bits per heavy atom. The fourth-order valence-electron chi connectivity index (χ4n) is 2.10. The third kappa shape index (κ3) is 3.25. The molecule has 0 spiro atoms. The molecular formula is C15H13Br2ClFN. The summed E-state index contributed by atoms with van der Waals surface area (Å²) in [5, 5.41) is 3.66. The van der Waals surface area contributed by atoms with Gasteiger partial charge in [-0.3, -0.25) is 0 Å². The predicted molar refractivity (Wildman–Crippen MR) is 88.9 cm³/mol. The summed E-state index contributed by atoms with van der Waals surface area (Å²) in [6.45, 7) is 2.01. The zero-order valence-electron chi connectivity index (χ0n) is 11.0. The minimum Gasteiger partial charge on any atom is -0.309 e. The van der Waals surface area contributed by atoms with Crippen molar-refractivity contribution >= 4 is 43.5 Å². The first-order valence-corrected chi connectivity index (χ1v) is 7.98. The molecule has 5 heteroatoms. The van der Waals surface area contributed by atoms with Crippen molar-refractivity contribution in [2.24, 2.45) is 0 Å². The molecule has 20 heavy (non-hydrogen) atoms. The van der Waals surface area contributed by atoms with Crippen LogP contribution in [-0.4, -0.2) is 7.05 Å². The van der Waals surface area contributed by atoms with E-state index in [0.717, 1.165) is 20.1 Å². The molecule has 2 aromatic carbocycles. The molecule has 2 rings (SSSR count). The SMILES string of the molecule is CNC(c1cc(Cl)ccc1F)c1cc(Br)c(C)cc1Br. The molecule has 1 nitrogen and oxygen atoms in total. The average Bonchev–Trinajstić information content (AvgIpc) is 2.40. The lowest BCUT2D eigenvalue weighted by molar-refractivity contribution is 0.575. The van der Waals surface area contributed by atoms with E-state index in [1.807, 2.05) is 19.1 Å². The number of nitrogens with one attached hydrogen (secondary N) is 1. The maximum absolute atomic E-state index is 14.1. The Bertz CT molecular complexity index is 646. The second-order valence-electron chi connectivity index (χ2n) is 4.51. The molecule has 1 unspecified atom stereocenters. The number of aryl methyl sites for hydroxylation is 1. The Balaban J connectivity index is 2.58. The first kappa shape index (κ1) is 16.0. The monoisotopic (exact) mass is 419 g/mol. The van der Waals surface area contributed by atoms with Gasteiger partial charge in [-0.05, 0) is 55.4 Å². The summed E-state index contributed by atoms with van der Waals surface area (Å²) in [5.41, 5.74) is 2.59. The molecule has 1 N–H and O–H groups in total. The van der Waals surface area contributed by atoms with Crippen molar-refractivity contribution in [2.75, 3.05) is 7.05 Å². The molecule has 0 saturated heterocycles. The van der Waals surface area contributed by atoms with Gasteiger partial charge in [-0.1, -0.05) is 43.5 Å². The van der Waals surface area contributed by atoms with E-state index in [4.69, 9.17) is 11.6 Å². The van der Waals surface area contributed by atoms with E-state index in [2.05, 4.69) is 37.2 Å². The number of rotatable bonds is 3. The highest BCUT2D eigenvalue weighted by molar-refractivity contribution is 9.11. The van der Waals surface area contributed by atoms with Crippen LogP contribution in [0.15, 0.2) is 39.3 Å². The van der Waals surface area contributed by atoms with Gasteiger partial charge in [0.15, 0.2) is 0 Å². The first-order chi connectivity index (χ1) is 9.43. The molecule has 0 aliphatic carbocycles. The highest BCUT2D eigenvalue weighted by Crippen LogP contribution is 2.34. The van der Waals surface area contributed by atoms with Gasteiger partial charge in [0, 0.05) is 19.5 Å². The van der Waals surface area contributed by atoms with Crippen LogP contribution in [0.2, 0.25) is 5.02 Å². The van der Waals surface area contributed by atoms with E-state index in [1.165, 1.54) is 6.07 Å². The molecule has 0 bridgehead atoms. The molecule has 0 heterocycles. The minimum absolute atomic E-state index is 0.278. The summed E-state index contributed by atoms with van der Waals surface area (Å²) in [6.07, 6.45) is 0. The fourth-order valence-corrected chi connectivity index (χ4v) is 3.33. The molecule has 0 saturated carbocycles. The van der Waals surface area contributed by atoms with E-state index in [1.54, 1.807) is 19.2 Å². The number of halogens is 4. The summed E-state index contributed by atoms with van der Waals surface area (Å²) >= 11 is 13.0. The Morgan fingerprint density at radius 3 is 2.45 bits per heavy atom. The second kappa shape index (κ2) is 6.56. The minimum atomic E-state index is -0.280. The third-order valence-corrected chi connectivity index (χ3v) is 4.92. The van der Waals surface area contributed by atoms with E-state index in [-0.39, 0.29) is 11.9 Å². The van der Waals surface area contributed by atoms with Crippen LogP contribution in [0.1, 0.15) is 22.7 Å². The van der Waals surface area contributed by atoms with Crippen molar-refractivity contribution in [3.8, 4) is 0 Å². The summed E-state index contributed by atoms with van der Waals surface area (Å²) in [7, 11) is 1.80. The first-order valence-electron chi connectivity index (χ1n) is 6.01. The number of benzene rings is 2. The molecule has 106 valence electrons. The number of hydrogen-bond acceptors (Lipinski definition) is 1. The van der Waals surface area contributed by atoms with Crippen LogP contribution in [-0.2, 0) is 0 Å². The molecule has 0 amide bonds. The zero-order chi connectivity index (χ0) is 14.9. The lowest BCUT2D eigenvalue weighted by Gasteiger charge is -2.20. The topological polar surface area (TPSA) is 12.0 Å².